The first kappa shape index (κ1) is 20.0. The fourth-order valence-corrected chi connectivity index (χ4v) is 2.83. The van der Waals surface area contributed by atoms with Gasteiger partial charge in [0.1, 0.15) is 11.4 Å². The summed E-state index contributed by atoms with van der Waals surface area (Å²) in [7, 11) is 0. The van der Waals surface area contributed by atoms with Crippen molar-refractivity contribution in [2.45, 2.75) is 45.9 Å². The van der Waals surface area contributed by atoms with Crippen molar-refractivity contribution in [3.63, 3.8) is 0 Å². The second-order valence-corrected chi connectivity index (χ2v) is 7.12. The van der Waals surface area contributed by atoms with Crippen LogP contribution in [0.15, 0.2) is 18.2 Å². The zero-order valence-corrected chi connectivity index (χ0v) is 15.5. The van der Waals surface area contributed by atoms with Gasteiger partial charge in [0.25, 0.3) is 0 Å². The molecule has 1 aromatic rings. The van der Waals surface area contributed by atoms with Crippen LogP contribution in [0.5, 0.6) is 0 Å². The van der Waals surface area contributed by atoms with E-state index in [4.69, 9.17) is 15.2 Å². The molecular formula is C18H26FN3O4. The molecule has 0 bridgehead atoms. The fraction of sp³-hybridized carbons (Fsp3) is 0.556. The van der Waals surface area contributed by atoms with Crippen molar-refractivity contribution >= 4 is 23.4 Å². The molecule has 2 atom stereocenters. The van der Waals surface area contributed by atoms with Gasteiger partial charge in [-0.25, -0.2) is 9.18 Å². The Hall–Kier alpha value is -2.35. The molecular weight excluding hydrogens is 341 g/mol. The van der Waals surface area contributed by atoms with E-state index >= 15 is 0 Å². The number of amides is 1. The summed E-state index contributed by atoms with van der Waals surface area (Å²) in [6.07, 6.45) is -0.844. The number of hydrogen-bond acceptors (Lipinski definition) is 6. The largest absolute Gasteiger partial charge is 0.460 e. The van der Waals surface area contributed by atoms with Gasteiger partial charge in [-0.1, -0.05) is 0 Å². The Morgan fingerprint density at radius 2 is 2.08 bits per heavy atom. The second-order valence-electron chi connectivity index (χ2n) is 7.12. The zero-order chi connectivity index (χ0) is 19.5. The van der Waals surface area contributed by atoms with Gasteiger partial charge in [-0.2, -0.15) is 0 Å². The van der Waals surface area contributed by atoms with Crippen LogP contribution in [0.1, 0.15) is 34.1 Å². The number of esters is 1. The number of hydrogen-bond donors (Lipinski definition) is 2. The number of halogens is 1. The van der Waals surface area contributed by atoms with E-state index in [1.165, 1.54) is 12.1 Å². The average Bonchev–Trinajstić information content (AvgIpc) is 2.87. The maximum atomic E-state index is 14.5. The van der Waals surface area contributed by atoms with Crippen LogP contribution < -0.4 is 16.0 Å². The third-order valence-electron chi connectivity index (χ3n) is 3.94. The predicted molar refractivity (Wildman–Crippen MR) is 96.3 cm³/mol. The van der Waals surface area contributed by atoms with E-state index in [2.05, 4.69) is 5.32 Å². The van der Waals surface area contributed by atoms with Crippen LogP contribution in [0.2, 0.25) is 0 Å². The lowest BCUT2D eigenvalue weighted by molar-refractivity contribution is -0.160. The van der Waals surface area contributed by atoms with E-state index in [1.54, 1.807) is 38.7 Å². The molecule has 1 saturated heterocycles. The first-order valence-electron chi connectivity index (χ1n) is 8.61. The summed E-state index contributed by atoms with van der Waals surface area (Å²) in [5.41, 5.74) is 6.12. The Bertz CT molecular complexity index is 675. The number of carbonyl (C=O) groups excluding carboxylic acids is 2. The normalized spacial score (nSPS) is 20.0. The highest BCUT2D eigenvalue weighted by Gasteiger charge is 2.39. The molecule has 1 fully saturated rings. The van der Waals surface area contributed by atoms with Gasteiger partial charge in [0.15, 0.2) is 0 Å². The number of nitrogens with two attached hydrogens (primary N) is 1. The van der Waals surface area contributed by atoms with Crippen LogP contribution in [-0.2, 0) is 14.3 Å². The second kappa shape index (κ2) is 7.90. The third-order valence-corrected chi connectivity index (χ3v) is 3.94. The summed E-state index contributed by atoms with van der Waals surface area (Å²) in [6, 6.07) is 4.27. The molecule has 26 heavy (non-hydrogen) atoms. The molecule has 7 nitrogen and oxygen atoms in total. The number of nitrogens with one attached hydrogen (secondary N) is 1. The summed E-state index contributed by atoms with van der Waals surface area (Å²) in [6.45, 7) is 7.71. The van der Waals surface area contributed by atoms with Gasteiger partial charge in [-0.15, -0.1) is 0 Å². The van der Waals surface area contributed by atoms with Crippen molar-refractivity contribution in [1.82, 2.24) is 0 Å². The number of carbonyl (C=O) groups is 2. The van der Waals surface area contributed by atoms with Gasteiger partial charge in [-0.05, 0) is 52.3 Å². The van der Waals surface area contributed by atoms with E-state index in [0.717, 1.165) is 0 Å². The van der Waals surface area contributed by atoms with E-state index in [0.29, 0.717) is 13.0 Å². The highest BCUT2D eigenvalue weighted by Crippen LogP contribution is 2.32. The van der Waals surface area contributed by atoms with Gasteiger partial charge in [0, 0.05) is 12.2 Å². The van der Waals surface area contributed by atoms with Gasteiger partial charge in [0.05, 0.1) is 24.4 Å². The van der Waals surface area contributed by atoms with Crippen LogP contribution in [-0.4, -0.2) is 37.0 Å². The molecule has 1 aliphatic rings. The number of nitrogens with zero attached hydrogens (tertiary/aromatic N) is 1. The average molecular weight is 367 g/mol. The molecule has 0 aromatic heterocycles. The molecule has 2 rings (SSSR count). The first-order chi connectivity index (χ1) is 12.1. The molecule has 1 heterocycles. The Labute approximate surface area is 152 Å². The van der Waals surface area contributed by atoms with Crippen LogP contribution in [0.25, 0.3) is 0 Å². The molecule has 0 spiro atoms. The van der Waals surface area contributed by atoms with Gasteiger partial charge >= 0.3 is 12.1 Å². The molecule has 1 aliphatic heterocycles. The van der Waals surface area contributed by atoms with Gasteiger partial charge in [-0.3, -0.25) is 10.1 Å². The van der Waals surface area contributed by atoms with E-state index in [-0.39, 0.29) is 24.0 Å². The van der Waals surface area contributed by atoms with Crippen molar-refractivity contribution in [3.05, 3.63) is 24.0 Å². The number of benzene rings is 1. The Morgan fingerprint density at radius 1 is 1.38 bits per heavy atom. The molecule has 0 saturated carbocycles. The molecule has 0 radical (unpaired) electrons. The SMILES string of the molecule is CCOC(=O)Nc1ccc(N2CC[C@H](C(=O)OC(C)(C)C)C2N)c(F)c1. The fourth-order valence-electron chi connectivity index (χ4n) is 2.83. The molecule has 1 aromatic carbocycles. The summed E-state index contributed by atoms with van der Waals surface area (Å²) in [5, 5.41) is 2.44. The number of rotatable bonds is 4. The lowest BCUT2D eigenvalue weighted by Crippen LogP contribution is -2.44. The van der Waals surface area contributed by atoms with Crippen molar-refractivity contribution in [2.75, 3.05) is 23.4 Å². The Kier molecular flexibility index (Phi) is 6.07. The Morgan fingerprint density at radius 3 is 2.65 bits per heavy atom. The van der Waals surface area contributed by atoms with Crippen LogP contribution in [0.3, 0.4) is 0 Å². The smallest absolute Gasteiger partial charge is 0.411 e. The molecule has 144 valence electrons. The quantitative estimate of drug-likeness (QED) is 0.795. The first-order valence-corrected chi connectivity index (χ1v) is 8.61. The van der Waals surface area contributed by atoms with Crippen LogP contribution in [0.4, 0.5) is 20.6 Å². The lowest BCUT2D eigenvalue weighted by atomic mass is 10.1. The summed E-state index contributed by atoms with van der Waals surface area (Å²) in [4.78, 5) is 25.3. The van der Waals surface area contributed by atoms with Crippen LogP contribution in [0, 0.1) is 11.7 Å². The number of ether oxygens (including phenoxy) is 2. The maximum absolute atomic E-state index is 14.5. The predicted octanol–water partition coefficient (Wildman–Crippen LogP) is 2.85. The standard InChI is InChI=1S/C18H26FN3O4/c1-5-25-17(24)21-11-6-7-14(13(19)10-11)22-9-8-12(15(22)20)16(23)26-18(2,3)4/h6-7,10,12,15H,5,8-9,20H2,1-4H3,(H,21,24)/t12-,15?/m0/s1. The van der Waals surface area contributed by atoms with Crippen molar-refractivity contribution < 1.29 is 23.5 Å². The maximum Gasteiger partial charge on any atom is 0.411 e. The topological polar surface area (TPSA) is 93.9 Å². The van der Waals surface area contributed by atoms with Crippen molar-refractivity contribution in [3.8, 4) is 0 Å². The van der Waals surface area contributed by atoms with Gasteiger partial charge in [0.2, 0.25) is 0 Å². The van der Waals surface area contributed by atoms with E-state index in [9.17, 15) is 14.0 Å². The monoisotopic (exact) mass is 367 g/mol. The summed E-state index contributed by atoms with van der Waals surface area (Å²) >= 11 is 0. The van der Waals surface area contributed by atoms with Crippen molar-refractivity contribution in [1.29, 1.82) is 0 Å². The van der Waals surface area contributed by atoms with E-state index in [1.807, 2.05) is 0 Å². The minimum atomic E-state index is -0.678. The summed E-state index contributed by atoms with van der Waals surface area (Å²) < 4.78 is 24.7. The van der Waals surface area contributed by atoms with Gasteiger partial charge < -0.3 is 20.1 Å². The molecule has 0 aliphatic carbocycles. The molecule has 8 heteroatoms. The highest BCUT2D eigenvalue weighted by molar-refractivity contribution is 5.85. The highest BCUT2D eigenvalue weighted by atomic mass is 19.1. The molecule has 1 amide bonds. The third kappa shape index (κ3) is 4.85. The van der Waals surface area contributed by atoms with Crippen molar-refractivity contribution in [2.24, 2.45) is 11.7 Å². The number of anilines is 2. The van der Waals surface area contributed by atoms with E-state index < -0.39 is 29.6 Å². The van der Waals surface area contributed by atoms with Crippen LogP contribution >= 0.6 is 0 Å². The minimum absolute atomic E-state index is 0.223. The lowest BCUT2D eigenvalue weighted by Gasteiger charge is -2.28. The summed E-state index contributed by atoms with van der Waals surface area (Å²) in [5.74, 6) is -1.45. The molecule has 3 N–H and O–H groups in total. The Balaban J connectivity index is 2.09. The minimum Gasteiger partial charge on any atom is -0.460 e. The molecule has 1 unspecified atom stereocenters. The zero-order valence-electron chi connectivity index (χ0n) is 15.5.